The van der Waals surface area contributed by atoms with E-state index in [9.17, 15) is 9.90 Å². The molecule has 2 rings (SSSR count). The molecular weight excluding hydrogens is 280 g/mol. The predicted octanol–water partition coefficient (Wildman–Crippen LogP) is 2.56. The van der Waals surface area contributed by atoms with Crippen LogP contribution >= 0.6 is 0 Å². The number of aromatic nitrogens is 2. The molecule has 1 aromatic heterocycles. The van der Waals surface area contributed by atoms with Crippen LogP contribution < -0.4 is 10.3 Å². The van der Waals surface area contributed by atoms with Crippen molar-refractivity contribution in [3.63, 3.8) is 0 Å². The van der Waals surface area contributed by atoms with E-state index >= 15 is 0 Å². The molecule has 0 saturated heterocycles. The molecule has 0 atom stereocenters. The number of rotatable bonds is 5. The molecule has 5 heteroatoms. The zero-order valence-corrected chi connectivity index (χ0v) is 13.5. The van der Waals surface area contributed by atoms with E-state index in [0.717, 1.165) is 17.7 Å². The summed E-state index contributed by atoms with van der Waals surface area (Å²) in [6.45, 7) is 5.71. The van der Waals surface area contributed by atoms with E-state index in [2.05, 4.69) is 5.10 Å². The lowest BCUT2D eigenvalue weighted by atomic mass is 9.98. The molecule has 0 aliphatic rings. The third-order valence-electron chi connectivity index (χ3n) is 3.43. The Morgan fingerprint density at radius 1 is 1.32 bits per heavy atom. The summed E-state index contributed by atoms with van der Waals surface area (Å²) in [6.07, 6.45) is 0.791. The van der Waals surface area contributed by atoms with Crippen LogP contribution in [0.25, 0.3) is 11.3 Å². The molecule has 22 heavy (non-hydrogen) atoms. The van der Waals surface area contributed by atoms with Gasteiger partial charge in [-0.2, -0.15) is 5.10 Å². The first-order valence-corrected chi connectivity index (χ1v) is 7.36. The van der Waals surface area contributed by atoms with Gasteiger partial charge in [-0.25, -0.2) is 4.68 Å². The molecule has 0 aliphatic heterocycles. The van der Waals surface area contributed by atoms with E-state index in [0.29, 0.717) is 17.8 Å². The highest BCUT2D eigenvalue weighted by atomic mass is 16.5. The SMILES string of the molecule is CCCn1nc(-c2cccc(OC)c2)cc(C(C)(C)O)c1=O. The predicted molar refractivity (Wildman–Crippen MR) is 86.0 cm³/mol. The molecule has 0 amide bonds. The smallest absolute Gasteiger partial charge is 0.272 e. The number of aryl methyl sites for hydroxylation is 1. The standard InChI is InChI=1S/C17H22N2O3/c1-5-9-19-16(20)14(17(2,3)21)11-15(18-19)12-7-6-8-13(10-12)22-4/h6-8,10-11,21H,5,9H2,1-4H3. The average Bonchev–Trinajstić information content (AvgIpc) is 2.48. The van der Waals surface area contributed by atoms with Crippen LogP contribution in [0.1, 0.15) is 32.8 Å². The van der Waals surface area contributed by atoms with Gasteiger partial charge < -0.3 is 9.84 Å². The molecule has 118 valence electrons. The van der Waals surface area contributed by atoms with Crippen LogP contribution in [0.3, 0.4) is 0 Å². The average molecular weight is 302 g/mol. The molecule has 0 fully saturated rings. The molecule has 0 unspecified atom stereocenters. The second-order valence-electron chi connectivity index (χ2n) is 5.76. The maximum Gasteiger partial charge on any atom is 0.272 e. The van der Waals surface area contributed by atoms with Gasteiger partial charge in [0, 0.05) is 12.1 Å². The number of hydrogen-bond donors (Lipinski definition) is 1. The topological polar surface area (TPSA) is 64.3 Å². The number of nitrogens with zero attached hydrogens (tertiary/aromatic N) is 2. The van der Waals surface area contributed by atoms with Crippen molar-refractivity contribution in [1.29, 1.82) is 0 Å². The van der Waals surface area contributed by atoms with Crippen LogP contribution in [0.15, 0.2) is 35.1 Å². The quantitative estimate of drug-likeness (QED) is 0.922. The Bertz CT molecular complexity index is 715. The second kappa shape index (κ2) is 6.32. The van der Waals surface area contributed by atoms with Crippen molar-refractivity contribution in [2.45, 2.75) is 39.3 Å². The maximum absolute atomic E-state index is 12.4. The first kappa shape index (κ1) is 16.2. The van der Waals surface area contributed by atoms with Crippen LogP contribution in [-0.4, -0.2) is 22.0 Å². The fraction of sp³-hybridized carbons (Fsp3) is 0.412. The van der Waals surface area contributed by atoms with Crippen molar-refractivity contribution >= 4 is 0 Å². The normalized spacial score (nSPS) is 11.5. The van der Waals surface area contributed by atoms with Crippen LogP contribution in [0, 0.1) is 0 Å². The summed E-state index contributed by atoms with van der Waals surface area (Å²) in [6, 6.07) is 9.14. The van der Waals surface area contributed by atoms with Gasteiger partial charge in [0.2, 0.25) is 0 Å². The Balaban J connectivity index is 2.65. The van der Waals surface area contributed by atoms with E-state index < -0.39 is 5.60 Å². The second-order valence-corrected chi connectivity index (χ2v) is 5.76. The van der Waals surface area contributed by atoms with Gasteiger partial charge >= 0.3 is 0 Å². The van der Waals surface area contributed by atoms with Gasteiger partial charge in [-0.3, -0.25) is 4.79 Å². The summed E-state index contributed by atoms with van der Waals surface area (Å²) in [5, 5.41) is 14.7. The van der Waals surface area contributed by atoms with Gasteiger partial charge in [0.1, 0.15) is 5.75 Å². The molecule has 1 heterocycles. The van der Waals surface area contributed by atoms with Gasteiger partial charge in [-0.1, -0.05) is 19.1 Å². The van der Waals surface area contributed by atoms with Crippen LogP contribution in [0.5, 0.6) is 5.75 Å². The van der Waals surface area contributed by atoms with E-state index in [4.69, 9.17) is 4.74 Å². The van der Waals surface area contributed by atoms with Crippen molar-refractivity contribution in [2.75, 3.05) is 7.11 Å². The van der Waals surface area contributed by atoms with E-state index in [1.54, 1.807) is 27.0 Å². The fourth-order valence-corrected chi connectivity index (χ4v) is 2.27. The van der Waals surface area contributed by atoms with Crippen molar-refractivity contribution in [1.82, 2.24) is 9.78 Å². The number of ether oxygens (including phenoxy) is 1. The van der Waals surface area contributed by atoms with Gasteiger partial charge in [0.15, 0.2) is 0 Å². The highest BCUT2D eigenvalue weighted by Gasteiger charge is 2.23. The zero-order chi connectivity index (χ0) is 16.3. The number of methoxy groups -OCH3 is 1. The molecule has 5 nitrogen and oxygen atoms in total. The molecule has 1 aromatic carbocycles. The maximum atomic E-state index is 12.4. The Hall–Kier alpha value is -2.14. The molecule has 0 saturated carbocycles. The summed E-state index contributed by atoms with van der Waals surface area (Å²) in [7, 11) is 1.60. The van der Waals surface area contributed by atoms with Gasteiger partial charge in [0.05, 0.1) is 24.0 Å². The highest BCUT2D eigenvalue weighted by Crippen LogP contribution is 2.24. The van der Waals surface area contributed by atoms with E-state index in [-0.39, 0.29) is 5.56 Å². The van der Waals surface area contributed by atoms with E-state index in [1.165, 1.54) is 4.68 Å². The minimum Gasteiger partial charge on any atom is -0.497 e. The van der Waals surface area contributed by atoms with Crippen LogP contribution in [0.4, 0.5) is 0 Å². The minimum atomic E-state index is -1.22. The summed E-state index contributed by atoms with van der Waals surface area (Å²) < 4.78 is 6.65. The molecule has 0 radical (unpaired) electrons. The molecule has 2 aromatic rings. The van der Waals surface area contributed by atoms with Crippen LogP contribution in [-0.2, 0) is 12.1 Å². The fourth-order valence-electron chi connectivity index (χ4n) is 2.27. The molecule has 0 spiro atoms. The van der Waals surface area contributed by atoms with Crippen molar-refractivity contribution in [3.8, 4) is 17.0 Å². The molecule has 0 aliphatic carbocycles. The zero-order valence-electron chi connectivity index (χ0n) is 13.5. The van der Waals surface area contributed by atoms with Gasteiger partial charge in [-0.05, 0) is 38.5 Å². The number of benzene rings is 1. The largest absolute Gasteiger partial charge is 0.497 e. The highest BCUT2D eigenvalue weighted by molar-refractivity contribution is 5.61. The Labute approximate surface area is 130 Å². The van der Waals surface area contributed by atoms with E-state index in [1.807, 2.05) is 31.2 Å². The lowest BCUT2D eigenvalue weighted by Gasteiger charge is -2.19. The number of hydrogen-bond acceptors (Lipinski definition) is 4. The Morgan fingerprint density at radius 2 is 2.05 bits per heavy atom. The Morgan fingerprint density at radius 3 is 2.64 bits per heavy atom. The molecule has 0 bridgehead atoms. The third-order valence-corrected chi connectivity index (χ3v) is 3.43. The first-order chi connectivity index (χ1) is 10.4. The minimum absolute atomic E-state index is 0.249. The summed E-state index contributed by atoms with van der Waals surface area (Å²) in [5.74, 6) is 0.720. The molecule has 1 N–H and O–H groups in total. The van der Waals surface area contributed by atoms with Crippen LogP contribution in [0.2, 0.25) is 0 Å². The van der Waals surface area contributed by atoms with Gasteiger partial charge in [-0.15, -0.1) is 0 Å². The lowest BCUT2D eigenvalue weighted by molar-refractivity contribution is 0.0761. The van der Waals surface area contributed by atoms with Crippen molar-refractivity contribution in [3.05, 3.63) is 46.2 Å². The monoisotopic (exact) mass is 302 g/mol. The van der Waals surface area contributed by atoms with Crippen molar-refractivity contribution < 1.29 is 9.84 Å². The summed E-state index contributed by atoms with van der Waals surface area (Å²) in [4.78, 5) is 12.4. The first-order valence-electron chi connectivity index (χ1n) is 7.36. The van der Waals surface area contributed by atoms with Crippen molar-refractivity contribution in [2.24, 2.45) is 0 Å². The summed E-state index contributed by atoms with van der Waals surface area (Å²) in [5.41, 5.74) is 0.358. The third kappa shape index (κ3) is 3.36. The summed E-state index contributed by atoms with van der Waals surface area (Å²) >= 11 is 0. The number of aliphatic hydroxyl groups is 1. The lowest BCUT2D eigenvalue weighted by Crippen LogP contribution is -2.33. The Kier molecular flexibility index (Phi) is 4.66. The molecular formula is C17H22N2O3. The van der Waals surface area contributed by atoms with Gasteiger partial charge in [0.25, 0.3) is 5.56 Å².